The molecular formula is C14H11NO2. The molecule has 17 heavy (non-hydrogen) atoms. The number of nitrogens with zero attached hydrogens (tertiary/aromatic N) is 1. The monoisotopic (exact) mass is 225 g/mol. The lowest BCUT2D eigenvalue weighted by molar-refractivity contribution is 0.367. The number of pyridine rings is 1. The molecule has 0 N–H and O–H groups in total. The van der Waals surface area contributed by atoms with Gasteiger partial charge in [0.05, 0.1) is 0 Å². The van der Waals surface area contributed by atoms with E-state index in [1.807, 2.05) is 30.3 Å². The molecule has 3 heteroatoms. The first-order valence-corrected chi connectivity index (χ1v) is 5.14. The van der Waals surface area contributed by atoms with Crippen LogP contribution in [-0.2, 0) is 0 Å². The van der Waals surface area contributed by atoms with Gasteiger partial charge in [-0.05, 0) is 18.2 Å². The van der Waals surface area contributed by atoms with Crippen LogP contribution in [0.4, 0.5) is 0 Å². The molecule has 0 aliphatic carbocycles. The maximum absolute atomic E-state index is 5.56. The van der Waals surface area contributed by atoms with Gasteiger partial charge < -0.3 is 9.47 Å². The summed E-state index contributed by atoms with van der Waals surface area (Å²) < 4.78 is 10.9. The summed E-state index contributed by atoms with van der Waals surface area (Å²) in [5.41, 5.74) is 0. The highest BCUT2D eigenvalue weighted by Crippen LogP contribution is 2.23. The van der Waals surface area contributed by atoms with Crippen molar-refractivity contribution in [3.63, 3.8) is 0 Å². The highest BCUT2D eigenvalue weighted by molar-refractivity contribution is 5.35. The molecule has 0 unspecified atom stereocenters. The third-order valence-corrected chi connectivity index (χ3v) is 1.99. The van der Waals surface area contributed by atoms with Crippen molar-refractivity contribution in [1.82, 2.24) is 4.98 Å². The Morgan fingerprint density at radius 2 is 2.00 bits per heavy atom. The van der Waals surface area contributed by atoms with Gasteiger partial charge in [-0.1, -0.05) is 18.1 Å². The Hall–Kier alpha value is -2.47. The van der Waals surface area contributed by atoms with Crippen LogP contribution in [0.1, 0.15) is 0 Å². The first-order chi connectivity index (χ1) is 8.38. The van der Waals surface area contributed by atoms with Crippen molar-refractivity contribution in [3.8, 4) is 29.7 Å². The minimum absolute atomic E-state index is 0.243. The molecule has 2 aromatic rings. The molecule has 2 rings (SSSR count). The number of ether oxygens (including phenoxy) is 2. The van der Waals surface area contributed by atoms with Crippen LogP contribution >= 0.6 is 0 Å². The number of terminal acetylenes is 1. The summed E-state index contributed by atoms with van der Waals surface area (Å²) in [6.07, 6.45) is 6.80. The molecule has 0 fully saturated rings. The molecule has 0 spiro atoms. The molecule has 1 aromatic carbocycles. The second-order valence-corrected chi connectivity index (χ2v) is 3.24. The van der Waals surface area contributed by atoms with Crippen molar-refractivity contribution >= 4 is 0 Å². The van der Waals surface area contributed by atoms with E-state index in [1.54, 1.807) is 18.3 Å². The first kappa shape index (κ1) is 11.0. The standard InChI is InChI=1S/C14H11NO2/c1-2-10-16-12-6-5-7-13(11-12)17-14-8-3-4-9-15-14/h1,3-9,11H,10H2. The third-order valence-electron chi connectivity index (χ3n) is 1.99. The summed E-state index contributed by atoms with van der Waals surface area (Å²) in [6.45, 7) is 0.243. The summed E-state index contributed by atoms with van der Waals surface area (Å²) in [6, 6.07) is 12.7. The molecule has 0 saturated heterocycles. The molecule has 0 aliphatic heterocycles. The predicted octanol–water partition coefficient (Wildman–Crippen LogP) is 2.89. The van der Waals surface area contributed by atoms with Crippen LogP contribution in [0, 0.1) is 12.3 Å². The van der Waals surface area contributed by atoms with Crippen molar-refractivity contribution in [2.24, 2.45) is 0 Å². The van der Waals surface area contributed by atoms with Gasteiger partial charge in [0, 0.05) is 18.3 Å². The van der Waals surface area contributed by atoms with Gasteiger partial charge in [-0.15, -0.1) is 6.42 Å². The summed E-state index contributed by atoms with van der Waals surface area (Å²) in [5.74, 6) is 4.30. The molecular weight excluding hydrogens is 214 g/mol. The zero-order chi connectivity index (χ0) is 11.9. The number of aromatic nitrogens is 1. The molecule has 1 heterocycles. The topological polar surface area (TPSA) is 31.4 Å². The Labute approximate surface area is 100 Å². The van der Waals surface area contributed by atoms with Gasteiger partial charge in [0.1, 0.15) is 18.1 Å². The highest BCUT2D eigenvalue weighted by atomic mass is 16.5. The van der Waals surface area contributed by atoms with E-state index < -0.39 is 0 Å². The summed E-state index contributed by atoms with van der Waals surface area (Å²) >= 11 is 0. The maximum atomic E-state index is 5.56. The van der Waals surface area contributed by atoms with Crippen molar-refractivity contribution in [3.05, 3.63) is 48.7 Å². The van der Waals surface area contributed by atoms with E-state index in [0.717, 1.165) is 0 Å². The molecule has 0 radical (unpaired) electrons. The van der Waals surface area contributed by atoms with Crippen molar-refractivity contribution in [2.45, 2.75) is 0 Å². The summed E-state index contributed by atoms with van der Waals surface area (Å²) in [7, 11) is 0. The van der Waals surface area contributed by atoms with Gasteiger partial charge in [-0.3, -0.25) is 0 Å². The smallest absolute Gasteiger partial charge is 0.219 e. The molecule has 0 amide bonds. The molecule has 1 aromatic heterocycles. The normalized spacial score (nSPS) is 9.35. The number of rotatable bonds is 4. The van der Waals surface area contributed by atoms with E-state index >= 15 is 0 Å². The van der Waals surface area contributed by atoms with Gasteiger partial charge >= 0.3 is 0 Å². The lowest BCUT2D eigenvalue weighted by Crippen LogP contribution is -1.93. The van der Waals surface area contributed by atoms with E-state index in [1.165, 1.54) is 0 Å². The lowest BCUT2D eigenvalue weighted by atomic mass is 10.3. The van der Waals surface area contributed by atoms with Crippen molar-refractivity contribution in [1.29, 1.82) is 0 Å². The zero-order valence-corrected chi connectivity index (χ0v) is 9.17. The highest BCUT2D eigenvalue weighted by Gasteiger charge is 1.99. The maximum Gasteiger partial charge on any atom is 0.219 e. The first-order valence-electron chi connectivity index (χ1n) is 5.14. The van der Waals surface area contributed by atoms with Gasteiger partial charge in [0.15, 0.2) is 0 Å². The average Bonchev–Trinajstić information content (AvgIpc) is 2.38. The fraction of sp³-hybridized carbons (Fsp3) is 0.0714. The minimum Gasteiger partial charge on any atom is -0.481 e. The molecule has 0 aliphatic rings. The minimum atomic E-state index is 0.243. The molecule has 0 bridgehead atoms. The Bertz CT molecular complexity index is 517. The molecule has 3 nitrogen and oxygen atoms in total. The van der Waals surface area contributed by atoms with Gasteiger partial charge in [0.25, 0.3) is 0 Å². The number of hydrogen-bond donors (Lipinski definition) is 0. The Morgan fingerprint density at radius 1 is 1.12 bits per heavy atom. The zero-order valence-electron chi connectivity index (χ0n) is 9.17. The third kappa shape index (κ3) is 3.25. The number of benzene rings is 1. The Kier molecular flexibility index (Phi) is 3.61. The van der Waals surface area contributed by atoms with Crippen LogP contribution in [-0.4, -0.2) is 11.6 Å². The lowest BCUT2D eigenvalue weighted by Gasteiger charge is -2.06. The second kappa shape index (κ2) is 5.57. The molecule has 0 atom stereocenters. The average molecular weight is 225 g/mol. The summed E-state index contributed by atoms with van der Waals surface area (Å²) in [4.78, 5) is 4.07. The fourth-order valence-electron chi connectivity index (χ4n) is 1.28. The Balaban J connectivity index is 2.09. The van der Waals surface area contributed by atoms with Crippen molar-refractivity contribution < 1.29 is 9.47 Å². The van der Waals surface area contributed by atoms with Gasteiger partial charge in [0.2, 0.25) is 5.88 Å². The largest absolute Gasteiger partial charge is 0.481 e. The van der Waals surface area contributed by atoms with Crippen LogP contribution in [0.15, 0.2) is 48.7 Å². The number of hydrogen-bond acceptors (Lipinski definition) is 3. The van der Waals surface area contributed by atoms with Gasteiger partial charge in [-0.25, -0.2) is 4.98 Å². The van der Waals surface area contributed by atoms with E-state index in [4.69, 9.17) is 15.9 Å². The van der Waals surface area contributed by atoms with Crippen LogP contribution < -0.4 is 9.47 Å². The molecule has 0 saturated carbocycles. The van der Waals surface area contributed by atoms with Crippen LogP contribution in [0.5, 0.6) is 17.4 Å². The van der Waals surface area contributed by atoms with Crippen molar-refractivity contribution in [2.75, 3.05) is 6.61 Å². The fourth-order valence-corrected chi connectivity index (χ4v) is 1.28. The van der Waals surface area contributed by atoms with Crippen LogP contribution in [0.2, 0.25) is 0 Å². The quantitative estimate of drug-likeness (QED) is 0.750. The summed E-state index contributed by atoms with van der Waals surface area (Å²) in [5, 5.41) is 0. The molecule has 84 valence electrons. The van der Waals surface area contributed by atoms with E-state index in [-0.39, 0.29) is 6.61 Å². The van der Waals surface area contributed by atoms with E-state index in [9.17, 15) is 0 Å². The Morgan fingerprint density at radius 3 is 2.76 bits per heavy atom. The van der Waals surface area contributed by atoms with E-state index in [0.29, 0.717) is 17.4 Å². The van der Waals surface area contributed by atoms with Crippen LogP contribution in [0.25, 0.3) is 0 Å². The SMILES string of the molecule is C#CCOc1cccc(Oc2ccccn2)c1. The van der Waals surface area contributed by atoms with E-state index in [2.05, 4.69) is 10.9 Å². The predicted molar refractivity (Wildman–Crippen MR) is 65.1 cm³/mol. The van der Waals surface area contributed by atoms with Crippen LogP contribution in [0.3, 0.4) is 0 Å². The van der Waals surface area contributed by atoms with Gasteiger partial charge in [-0.2, -0.15) is 0 Å². The second-order valence-electron chi connectivity index (χ2n) is 3.24.